The number of aromatic amines is 1. The number of aromatic nitrogens is 2. The number of hydrogen-bond acceptors (Lipinski definition) is 5. The molecule has 0 radical (unpaired) electrons. The summed E-state index contributed by atoms with van der Waals surface area (Å²) in [6.07, 6.45) is 1.44. The number of amides is 1. The molecule has 0 aliphatic heterocycles. The minimum absolute atomic E-state index is 0.130. The van der Waals surface area contributed by atoms with Gasteiger partial charge in [0.1, 0.15) is 17.2 Å². The number of para-hydroxylation sites is 1. The fraction of sp³-hybridized carbons (Fsp3) is 0.0556. The highest BCUT2D eigenvalue weighted by Crippen LogP contribution is 2.28. The molecule has 7 nitrogen and oxygen atoms in total. The number of phenolic OH excluding ortho intramolecular Hbond substituents is 1. The smallest absolute Gasteiger partial charge is 0.289 e. The first-order chi connectivity index (χ1) is 12.2. The van der Waals surface area contributed by atoms with Crippen LogP contribution in [-0.2, 0) is 0 Å². The Morgan fingerprint density at radius 1 is 1.24 bits per heavy atom. The van der Waals surface area contributed by atoms with Crippen molar-refractivity contribution in [2.45, 2.75) is 0 Å². The van der Waals surface area contributed by atoms with E-state index in [4.69, 9.17) is 4.74 Å². The molecule has 0 spiro atoms. The number of carbonyl (C=O) groups excluding carboxylic acids is 1. The molecular weight excluding hydrogens is 320 g/mol. The summed E-state index contributed by atoms with van der Waals surface area (Å²) in [5.74, 6) is 0.373. The Kier molecular flexibility index (Phi) is 4.75. The second-order valence-corrected chi connectivity index (χ2v) is 5.16. The van der Waals surface area contributed by atoms with Crippen LogP contribution in [-0.4, -0.2) is 34.5 Å². The van der Waals surface area contributed by atoms with Crippen molar-refractivity contribution in [3.8, 4) is 22.8 Å². The Bertz CT molecular complexity index is 918. The second kappa shape index (κ2) is 7.31. The van der Waals surface area contributed by atoms with Crippen LogP contribution in [0, 0.1) is 0 Å². The lowest BCUT2D eigenvalue weighted by Gasteiger charge is -2.04. The molecule has 1 aromatic heterocycles. The maximum atomic E-state index is 12.1. The van der Waals surface area contributed by atoms with E-state index < -0.39 is 5.91 Å². The lowest BCUT2D eigenvalue weighted by Crippen LogP contribution is -2.17. The average Bonchev–Trinajstić information content (AvgIpc) is 3.12. The third-order valence-corrected chi connectivity index (χ3v) is 3.46. The number of carbonyl (C=O) groups is 1. The van der Waals surface area contributed by atoms with Crippen molar-refractivity contribution in [1.82, 2.24) is 15.6 Å². The highest BCUT2D eigenvalue weighted by atomic mass is 16.5. The van der Waals surface area contributed by atoms with E-state index in [2.05, 4.69) is 20.7 Å². The lowest BCUT2D eigenvalue weighted by molar-refractivity contribution is 0.0950. The van der Waals surface area contributed by atoms with Gasteiger partial charge in [0.2, 0.25) is 0 Å². The van der Waals surface area contributed by atoms with Crippen molar-refractivity contribution in [3.63, 3.8) is 0 Å². The fourth-order valence-electron chi connectivity index (χ4n) is 2.26. The normalized spacial score (nSPS) is 10.8. The van der Waals surface area contributed by atoms with Crippen molar-refractivity contribution < 1.29 is 14.6 Å². The predicted octanol–water partition coefficient (Wildman–Crippen LogP) is 2.55. The molecular formula is C18H16N4O3. The molecule has 3 rings (SSSR count). The van der Waals surface area contributed by atoms with Gasteiger partial charge in [-0.1, -0.05) is 24.3 Å². The van der Waals surface area contributed by atoms with Gasteiger partial charge < -0.3 is 9.84 Å². The number of phenols is 1. The SMILES string of the molecule is COc1ccccc1-c1cc(C(=O)NN=Cc2cccc(O)c2)[nH]n1. The number of benzene rings is 2. The lowest BCUT2D eigenvalue weighted by atomic mass is 10.1. The molecule has 3 aromatic rings. The number of ether oxygens (including phenoxy) is 1. The van der Waals surface area contributed by atoms with Crippen LogP contribution >= 0.6 is 0 Å². The molecule has 7 heteroatoms. The molecule has 0 bridgehead atoms. The van der Waals surface area contributed by atoms with Crippen LogP contribution in [0.4, 0.5) is 0 Å². The summed E-state index contributed by atoms with van der Waals surface area (Å²) in [6.45, 7) is 0. The van der Waals surface area contributed by atoms with Crippen LogP contribution in [0.1, 0.15) is 16.1 Å². The summed E-state index contributed by atoms with van der Waals surface area (Å²) >= 11 is 0. The molecule has 0 saturated heterocycles. The Morgan fingerprint density at radius 2 is 2.08 bits per heavy atom. The summed E-state index contributed by atoms with van der Waals surface area (Å²) < 4.78 is 5.29. The zero-order valence-electron chi connectivity index (χ0n) is 13.4. The maximum absolute atomic E-state index is 12.1. The minimum atomic E-state index is -0.426. The highest BCUT2D eigenvalue weighted by Gasteiger charge is 2.13. The molecule has 0 saturated carbocycles. The van der Waals surface area contributed by atoms with Crippen molar-refractivity contribution in [2.24, 2.45) is 5.10 Å². The predicted molar refractivity (Wildman–Crippen MR) is 93.7 cm³/mol. The highest BCUT2D eigenvalue weighted by molar-refractivity contribution is 5.94. The van der Waals surface area contributed by atoms with Crippen molar-refractivity contribution in [2.75, 3.05) is 7.11 Å². The van der Waals surface area contributed by atoms with E-state index in [9.17, 15) is 9.90 Å². The Labute approximate surface area is 144 Å². The molecule has 0 aliphatic rings. The average molecular weight is 336 g/mol. The standard InChI is InChI=1S/C18H16N4O3/c1-25-17-8-3-2-7-14(17)15-10-16(21-20-15)18(24)22-19-11-12-5-4-6-13(23)9-12/h2-11,23H,1H3,(H,20,21)(H,22,24). The monoisotopic (exact) mass is 336 g/mol. The van der Waals surface area contributed by atoms with E-state index in [0.29, 0.717) is 17.0 Å². The molecule has 25 heavy (non-hydrogen) atoms. The maximum Gasteiger partial charge on any atom is 0.289 e. The molecule has 0 unspecified atom stereocenters. The van der Waals surface area contributed by atoms with Crippen molar-refractivity contribution in [3.05, 3.63) is 65.9 Å². The van der Waals surface area contributed by atoms with Crippen molar-refractivity contribution >= 4 is 12.1 Å². The van der Waals surface area contributed by atoms with Crippen molar-refractivity contribution in [1.29, 1.82) is 0 Å². The number of H-pyrrole nitrogens is 1. The van der Waals surface area contributed by atoms with Gasteiger partial charge in [-0.3, -0.25) is 9.89 Å². The summed E-state index contributed by atoms with van der Waals surface area (Å²) in [5.41, 5.74) is 4.72. The third-order valence-electron chi connectivity index (χ3n) is 3.46. The summed E-state index contributed by atoms with van der Waals surface area (Å²) in [5, 5.41) is 20.1. The zero-order chi connectivity index (χ0) is 17.6. The van der Waals surface area contributed by atoms with E-state index in [0.717, 1.165) is 5.56 Å². The molecule has 3 N–H and O–H groups in total. The molecule has 1 amide bonds. The van der Waals surface area contributed by atoms with E-state index >= 15 is 0 Å². The van der Waals surface area contributed by atoms with Gasteiger partial charge in [0, 0.05) is 5.56 Å². The zero-order valence-corrected chi connectivity index (χ0v) is 13.4. The first-order valence-corrected chi connectivity index (χ1v) is 7.48. The minimum Gasteiger partial charge on any atom is -0.508 e. The van der Waals surface area contributed by atoms with Crippen LogP contribution < -0.4 is 10.2 Å². The number of hydrazone groups is 1. The number of rotatable bonds is 5. The number of methoxy groups -OCH3 is 1. The largest absolute Gasteiger partial charge is 0.508 e. The first-order valence-electron chi connectivity index (χ1n) is 7.48. The van der Waals surface area contributed by atoms with Gasteiger partial charge in [0.25, 0.3) is 5.91 Å². The van der Waals surface area contributed by atoms with E-state index in [1.165, 1.54) is 12.3 Å². The molecule has 2 aromatic carbocycles. The van der Waals surface area contributed by atoms with Crippen LogP contribution in [0.3, 0.4) is 0 Å². The van der Waals surface area contributed by atoms with Gasteiger partial charge in [-0.15, -0.1) is 0 Å². The topological polar surface area (TPSA) is 99.6 Å². The number of nitrogens with zero attached hydrogens (tertiary/aromatic N) is 2. The van der Waals surface area contributed by atoms with E-state index in [1.54, 1.807) is 31.4 Å². The van der Waals surface area contributed by atoms with Crippen LogP contribution in [0.25, 0.3) is 11.3 Å². The van der Waals surface area contributed by atoms with Crippen LogP contribution in [0.5, 0.6) is 11.5 Å². The third kappa shape index (κ3) is 3.84. The van der Waals surface area contributed by atoms with Gasteiger partial charge in [0.15, 0.2) is 0 Å². The first kappa shape index (κ1) is 16.3. The fourth-order valence-corrected chi connectivity index (χ4v) is 2.26. The Hall–Kier alpha value is -3.61. The van der Waals surface area contributed by atoms with Crippen LogP contribution in [0.15, 0.2) is 59.7 Å². The Balaban J connectivity index is 1.70. The van der Waals surface area contributed by atoms with E-state index in [1.807, 2.05) is 24.3 Å². The van der Waals surface area contributed by atoms with Gasteiger partial charge in [-0.25, -0.2) is 5.43 Å². The van der Waals surface area contributed by atoms with Gasteiger partial charge in [0.05, 0.1) is 19.0 Å². The number of hydrogen-bond donors (Lipinski definition) is 3. The summed E-state index contributed by atoms with van der Waals surface area (Å²) in [6, 6.07) is 15.6. The molecule has 126 valence electrons. The van der Waals surface area contributed by atoms with Gasteiger partial charge in [-0.05, 0) is 35.9 Å². The molecule has 0 aliphatic carbocycles. The molecule has 0 fully saturated rings. The van der Waals surface area contributed by atoms with Gasteiger partial charge in [-0.2, -0.15) is 10.2 Å². The molecule has 1 heterocycles. The quantitative estimate of drug-likeness (QED) is 0.492. The van der Waals surface area contributed by atoms with E-state index in [-0.39, 0.29) is 11.4 Å². The summed E-state index contributed by atoms with van der Waals surface area (Å²) in [4.78, 5) is 12.1. The number of aromatic hydroxyl groups is 1. The summed E-state index contributed by atoms with van der Waals surface area (Å²) in [7, 11) is 1.58. The number of nitrogens with one attached hydrogen (secondary N) is 2. The van der Waals surface area contributed by atoms with Gasteiger partial charge >= 0.3 is 0 Å². The second-order valence-electron chi connectivity index (χ2n) is 5.16. The van der Waals surface area contributed by atoms with Crippen LogP contribution in [0.2, 0.25) is 0 Å². The Morgan fingerprint density at radius 3 is 2.88 bits per heavy atom. The molecule has 0 atom stereocenters.